The van der Waals surface area contributed by atoms with Gasteiger partial charge >= 0.3 is 0 Å². The number of benzene rings is 18. The van der Waals surface area contributed by atoms with Crippen LogP contribution >= 0.6 is 0 Å². The Morgan fingerprint density at radius 3 is 0.809 bits per heavy atom. The van der Waals surface area contributed by atoms with Crippen molar-refractivity contribution in [3.05, 3.63) is 445 Å². The van der Waals surface area contributed by atoms with Gasteiger partial charge in [-0.1, -0.05) is 331 Å². The number of nitrogens with zero attached hydrogens (tertiary/aromatic N) is 10. The molecule has 0 radical (unpaired) electrons. The predicted molar refractivity (Wildman–Crippen MR) is 535 cm³/mol. The lowest BCUT2D eigenvalue weighted by molar-refractivity contribution is 0.661. The summed E-state index contributed by atoms with van der Waals surface area (Å²) in [6.07, 6.45) is 0. The van der Waals surface area contributed by atoms with Crippen LogP contribution in [0.25, 0.3) is 223 Å². The van der Waals surface area contributed by atoms with Crippen LogP contribution in [0.2, 0.25) is 0 Å². The lowest BCUT2D eigenvalue weighted by atomic mass is 9.70. The first kappa shape index (κ1) is 73.4. The van der Waals surface area contributed by atoms with Gasteiger partial charge in [0.1, 0.15) is 0 Å². The molecule has 0 bridgehead atoms. The van der Waals surface area contributed by atoms with Crippen LogP contribution in [-0.2, 0) is 16.2 Å². The maximum atomic E-state index is 5.68. The smallest absolute Gasteiger partial charge is 0.238 e. The van der Waals surface area contributed by atoms with Crippen molar-refractivity contribution in [1.29, 1.82) is 0 Å². The molecule has 0 aliphatic heterocycles. The fourth-order valence-electron chi connectivity index (χ4n) is 23.4. The van der Waals surface area contributed by atoms with Crippen LogP contribution < -0.4 is 0 Å². The van der Waals surface area contributed by atoms with Gasteiger partial charge in [0.05, 0.1) is 49.5 Å². The fraction of sp³-hybridized carbons (Fsp3) is 0.0579. The van der Waals surface area contributed by atoms with E-state index in [4.69, 9.17) is 29.9 Å². The molecule has 1 spiro atoms. The van der Waals surface area contributed by atoms with Crippen molar-refractivity contribution in [3.8, 4) is 136 Å². The first-order valence-corrected chi connectivity index (χ1v) is 45.2. The zero-order valence-electron chi connectivity index (χ0n) is 72.1. The van der Waals surface area contributed by atoms with E-state index in [-0.39, 0.29) is 10.8 Å². The predicted octanol–water partition coefficient (Wildman–Crippen LogP) is 29.4. The molecule has 10 heteroatoms. The maximum Gasteiger partial charge on any atom is 0.238 e. The molecule has 612 valence electrons. The number of para-hydroxylation sites is 2. The maximum absolute atomic E-state index is 5.68. The van der Waals surface area contributed by atoms with Gasteiger partial charge in [-0.15, -0.1) is 0 Å². The second-order valence-corrected chi connectivity index (χ2v) is 36.8. The SMILES string of the molecule is CC1(C)c2ccccc2-c2cc3c4cc(-c5ccc6c(c5)c5ccc7c(c5n6-c5nc(-c6ccccc6)nc(-c6ccccc6)n5)-c5ccccc5C75c6ccccc6-c6c5ccc5c7cc(-c8ccc9c(c8)c8cc%10c(cc8n9-c8ccccc8)C(C)(C)c8ccccc8-%10)ccc7n(-c7nc(-c8ccccc8)nc(-c8ccccc8)n7)c65)ccc4n(-c4ccccc4)c3cc21. The summed E-state index contributed by atoms with van der Waals surface area (Å²) in [5, 5.41) is 9.11. The van der Waals surface area contributed by atoms with Crippen LogP contribution in [0.5, 0.6) is 0 Å². The van der Waals surface area contributed by atoms with Crippen LogP contribution in [0, 0.1) is 0 Å². The van der Waals surface area contributed by atoms with Gasteiger partial charge in [0, 0.05) is 98.7 Å². The molecule has 0 N–H and O–H groups in total. The van der Waals surface area contributed by atoms with Gasteiger partial charge in [-0.3, -0.25) is 9.13 Å². The Labute approximate surface area is 754 Å². The molecule has 10 nitrogen and oxygen atoms in total. The van der Waals surface area contributed by atoms with Crippen molar-refractivity contribution in [3.63, 3.8) is 0 Å². The van der Waals surface area contributed by atoms with Crippen molar-refractivity contribution >= 4 is 87.2 Å². The summed E-state index contributed by atoms with van der Waals surface area (Å²) < 4.78 is 9.65. The zero-order chi connectivity index (χ0) is 86.4. The Morgan fingerprint density at radius 1 is 0.183 bits per heavy atom. The highest BCUT2D eigenvalue weighted by Gasteiger charge is 2.54. The Morgan fingerprint density at radius 2 is 0.466 bits per heavy atom. The number of hydrogen-bond acceptors (Lipinski definition) is 6. The molecular weight excluding hydrogens is 1590 g/mol. The molecule has 0 atom stereocenters. The molecule has 0 unspecified atom stereocenters. The average molecular weight is 1670 g/mol. The number of fused-ring (bicyclic) bond motifs is 30. The normalized spacial score (nSPS) is 13.8. The summed E-state index contributed by atoms with van der Waals surface area (Å²) >= 11 is 0. The third kappa shape index (κ3) is 10.3. The molecule has 0 fully saturated rings. The van der Waals surface area contributed by atoms with Gasteiger partial charge in [0.15, 0.2) is 23.3 Å². The van der Waals surface area contributed by atoms with E-state index in [1.165, 1.54) is 88.2 Å². The zero-order valence-corrected chi connectivity index (χ0v) is 72.1. The van der Waals surface area contributed by atoms with E-state index in [0.717, 1.165) is 144 Å². The topological polar surface area (TPSA) is 97.1 Å². The molecule has 24 aromatic rings. The van der Waals surface area contributed by atoms with Crippen molar-refractivity contribution in [2.45, 2.75) is 43.9 Å². The Bertz CT molecular complexity index is 8430. The van der Waals surface area contributed by atoms with Crippen molar-refractivity contribution in [1.82, 2.24) is 48.2 Å². The van der Waals surface area contributed by atoms with Crippen molar-refractivity contribution in [2.24, 2.45) is 0 Å². The first-order valence-electron chi connectivity index (χ1n) is 45.2. The summed E-state index contributed by atoms with van der Waals surface area (Å²) in [7, 11) is 0. The third-order valence-electron chi connectivity index (χ3n) is 29.3. The van der Waals surface area contributed by atoms with E-state index < -0.39 is 5.41 Å². The fourth-order valence-corrected chi connectivity index (χ4v) is 23.4. The lowest BCUT2D eigenvalue weighted by Crippen LogP contribution is -2.25. The Hall–Kier alpha value is -16.8. The van der Waals surface area contributed by atoms with E-state index in [9.17, 15) is 0 Å². The third-order valence-corrected chi connectivity index (χ3v) is 29.3. The molecule has 4 aliphatic carbocycles. The Balaban J connectivity index is 0.697. The second kappa shape index (κ2) is 27.1. The number of rotatable bonds is 10. The van der Waals surface area contributed by atoms with E-state index in [2.05, 4.69) is 422 Å². The molecule has 0 saturated carbocycles. The molecule has 6 heterocycles. The standard InChI is InChI=1S/C121H78N10/c1-119(2)95-47-27-23-43-81(95)87-67-93-91-65-77(51-59-103(91)128(107(93)69-101(87)119)79-39-19-9-20-40-79)75-53-61-105-89(63-75)83-55-57-99-109(111(83)130(105)117-124-113(71-31-11-5-12-32-71)122-114(125-117)72-33-13-6-14-34-72)85-45-25-29-49-97(85)121(99)98-50-30-26-46-86(98)110-100(121)58-56-84-90-64-76(54-62-106(90)131(112(84)110)118-126-115(73-35-15-7-16-36-73)123-116(127-118)74-37-17-8-18-38-74)78-52-60-104-92(66-78)94-68-88-82-44-24-28-48-96(82)120(3,4)102(88)70-108(94)129(104)80-41-21-10-22-42-80/h5-70H,1-4H3. The van der Waals surface area contributed by atoms with Gasteiger partial charge in [-0.25, -0.2) is 9.97 Å². The van der Waals surface area contributed by atoms with Crippen LogP contribution in [0.4, 0.5) is 0 Å². The minimum Gasteiger partial charge on any atom is -0.309 e. The highest BCUT2D eigenvalue weighted by molar-refractivity contribution is 6.22. The lowest BCUT2D eigenvalue weighted by Gasteiger charge is -2.30. The van der Waals surface area contributed by atoms with Gasteiger partial charge in [0.25, 0.3) is 0 Å². The molecule has 131 heavy (non-hydrogen) atoms. The van der Waals surface area contributed by atoms with Gasteiger partial charge < -0.3 is 9.13 Å². The number of hydrogen-bond donors (Lipinski definition) is 0. The summed E-state index contributed by atoms with van der Waals surface area (Å²) in [5.74, 6) is 3.34. The average Bonchev–Trinajstić information content (AvgIpc) is 1.48. The minimum absolute atomic E-state index is 0.178. The van der Waals surface area contributed by atoms with Crippen LogP contribution in [-0.4, -0.2) is 48.2 Å². The van der Waals surface area contributed by atoms with Crippen molar-refractivity contribution in [2.75, 3.05) is 0 Å². The van der Waals surface area contributed by atoms with Crippen LogP contribution in [0.1, 0.15) is 72.2 Å². The largest absolute Gasteiger partial charge is 0.309 e. The highest BCUT2D eigenvalue weighted by atomic mass is 15.2. The van der Waals surface area contributed by atoms with Crippen LogP contribution in [0.15, 0.2) is 400 Å². The van der Waals surface area contributed by atoms with Gasteiger partial charge in [0.2, 0.25) is 11.9 Å². The summed E-state index contributed by atoms with van der Waals surface area (Å²) in [6.45, 7) is 9.50. The summed E-state index contributed by atoms with van der Waals surface area (Å²) in [4.78, 5) is 33.4. The van der Waals surface area contributed by atoms with Gasteiger partial charge in [-0.05, 0) is 197 Å². The Kier molecular flexibility index (Phi) is 15.2. The minimum atomic E-state index is -0.884. The first-order chi connectivity index (χ1) is 64.5. The summed E-state index contributed by atoms with van der Waals surface area (Å²) in [6, 6.07) is 147. The molecule has 0 saturated heterocycles. The van der Waals surface area contributed by atoms with Crippen molar-refractivity contribution < 1.29 is 0 Å². The quantitative estimate of drug-likeness (QED) is 0.135. The van der Waals surface area contributed by atoms with E-state index in [1.54, 1.807) is 0 Å². The monoisotopic (exact) mass is 1670 g/mol. The van der Waals surface area contributed by atoms with E-state index >= 15 is 0 Å². The molecule has 0 amide bonds. The molecule has 18 aromatic carbocycles. The molecule has 28 rings (SSSR count). The molecule has 6 aromatic heterocycles. The molecule has 4 aliphatic rings. The second-order valence-electron chi connectivity index (χ2n) is 36.8. The van der Waals surface area contributed by atoms with Gasteiger partial charge in [-0.2, -0.15) is 19.9 Å². The number of aromatic nitrogens is 10. The highest BCUT2D eigenvalue weighted by Crippen LogP contribution is 2.66. The summed E-state index contributed by atoms with van der Waals surface area (Å²) in [5.41, 5.74) is 37.4. The molecular formula is C121H78N10. The van der Waals surface area contributed by atoms with E-state index in [1.807, 2.05) is 24.3 Å². The van der Waals surface area contributed by atoms with Crippen LogP contribution in [0.3, 0.4) is 0 Å². The van der Waals surface area contributed by atoms with E-state index in [0.29, 0.717) is 35.2 Å².